The van der Waals surface area contributed by atoms with Gasteiger partial charge in [0, 0.05) is 6.07 Å². The summed E-state index contributed by atoms with van der Waals surface area (Å²) in [5.41, 5.74) is 0. The van der Waals surface area contributed by atoms with Gasteiger partial charge >= 0.3 is 0 Å². The second-order valence-electron chi connectivity index (χ2n) is 3.13. The van der Waals surface area contributed by atoms with Gasteiger partial charge < -0.3 is 10.1 Å². The van der Waals surface area contributed by atoms with Crippen LogP contribution in [0.2, 0.25) is 0 Å². The summed E-state index contributed by atoms with van der Waals surface area (Å²) < 4.78 is 19.1. The van der Waals surface area contributed by atoms with E-state index in [1.54, 1.807) is 6.07 Å². The minimum absolute atomic E-state index is 0.278. The number of hydrogen-bond acceptors (Lipinski definition) is 2. The average molecular weight is 276 g/mol. The summed E-state index contributed by atoms with van der Waals surface area (Å²) in [6, 6.07) is 4.43. The van der Waals surface area contributed by atoms with Crippen LogP contribution in [0.3, 0.4) is 0 Å². The molecule has 1 N–H and O–H groups in total. The van der Waals surface area contributed by atoms with E-state index in [4.69, 9.17) is 4.74 Å². The second-order valence-corrected chi connectivity index (χ2v) is 3.98. The first kappa shape index (κ1) is 12.5. The summed E-state index contributed by atoms with van der Waals surface area (Å²) in [6.07, 6.45) is 0.913. The molecule has 1 aromatic rings. The van der Waals surface area contributed by atoms with Crippen molar-refractivity contribution in [1.82, 2.24) is 5.32 Å². The molecular formula is C11H15BrFNO. The maximum atomic E-state index is 12.9. The molecule has 0 atom stereocenters. The first-order chi connectivity index (χ1) is 7.24. The van der Waals surface area contributed by atoms with Crippen LogP contribution in [0.5, 0.6) is 5.75 Å². The summed E-state index contributed by atoms with van der Waals surface area (Å²) in [5.74, 6) is 0.284. The number of ether oxygens (including phenoxy) is 1. The van der Waals surface area contributed by atoms with Gasteiger partial charge in [-0.15, -0.1) is 0 Å². The van der Waals surface area contributed by atoms with Crippen LogP contribution < -0.4 is 10.1 Å². The van der Waals surface area contributed by atoms with Crippen molar-refractivity contribution in [2.75, 3.05) is 19.7 Å². The summed E-state index contributed by atoms with van der Waals surface area (Å²) in [7, 11) is 0. The van der Waals surface area contributed by atoms with Crippen LogP contribution in [0.1, 0.15) is 13.3 Å². The van der Waals surface area contributed by atoms with Gasteiger partial charge in [0.1, 0.15) is 11.6 Å². The van der Waals surface area contributed by atoms with Crippen molar-refractivity contribution in [3.05, 3.63) is 28.5 Å². The monoisotopic (exact) mass is 275 g/mol. The van der Waals surface area contributed by atoms with Crippen LogP contribution >= 0.6 is 15.9 Å². The molecule has 0 fully saturated rings. The van der Waals surface area contributed by atoms with Gasteiger partial charge in [-0.1, -0.05) is 6.92 Å². The molecule has 0 radical (unpaired) electrons. The van der Waals surface area contributed by atoms with Crippen molar-refractivity contribution in [2.45, 2.75) is 13.3 Å². The zero-order valence-corrected chi connectivity index (χ0v) is 10.3. The Hall–Kier alpha value is -0.610. The molecule has 0 heterocycles. The predicted molar refractivity (Wildman–Crippen MR) is 62.8 cm³/mol. The lowest BCUT2D eigenvalue weighted by atomic mass is 10.3. The number of rotatable bonds is 6. The SMILES string of the molecule is CCNCCCOc1cc(F)ccc1Br. The Morgan fingerprint density at radius 1 is 1.47 bits per heavy atom. The van der Waals surface area contributed by atoms with E-state index in [9.17, 15) is 4.39 Å². The quantitative estimate of drug-likeness (QED) is 0.806. The molecule has 0 saturated carbocycles. The van der Waals surface area contributed by atoms with Crippen molar-refractivity contribution in [2.24, 2.45) is 0 Å². The van der Waals surface area contributed by atoms with Crippen LogP contribution in [0, 0.1) is 5.82 Å². The highest BCUT2D eigenvalue weighted by Gasteiger charge is 2.02. The normalized spacial score (nSPS) is 10.3. The molecule has 15 heavy (non-hydrogen) atoms. The van der Waals surface area contributed by atoms with E-state index in [1.807, 2.05) is 0 Å². The van der Waals surface area contributed by atoms with E-state index in [1.165, 1.54) is 12.1 Å². The van der Waals surface area contributed by atoms with E-state index in [0.717, 1.165) is 24.0 Å². The first-order valence-corrected chi connectivity index (χ1v) is 5.82. The predicted octanol–water partition coefficient (Wildman–Crippen LogP) is 2.97. The molecule has 1 aromatic carbocycles. The Labute approximate surface area is 98.0 Å². The molecule has 2 nitrogen and oxygen atoms in total. The molecule has 1 rings (SSSR count). The fourth-order valence-corrected chi connectivity index (χ4v) is 1.50. The summed E-state index contributed by atoms with van der Waals surface area (Å²) in [4.78, 5) is 0. The van der Waals surface area contributed by atoms with E-state index in [0.29, 0.717) is 12.4 Å². The standard InChI is InChI=1S/C11H15BrFNO/c1-2-14-6-3-7-15-11-8-9(13)4-5-10(11)12/h4-5,8,14H,2-3,6-7H2,1H3. The van der Waals surface area contributed by atoms with Crippen LogP contribution in [0.25, 0.3) is 0 Å². The Morgan fingerprint density at radius 3 is 3.00 bits per heavy atom. The molecule has 0 aliphatic carbocycles. The van der Waals surface area contributed by atoms with Crippen LogP contribution in [0.4, 0.5) is 4.39 Å². The Kier molecular flexibility index (Phi) is 5.65. The molecule has 0 unspecified atom stereocenters. The van der Waals surface area contributed by atoms with Gasteiger partial charge in [0.05, 0.1) is 11.1 Å². The van der Waals surface area contributed by atoms with Crippen molar-refractivity contribution in [3.63, 3.8) is 0 Å². The third-order valence-electron chi connectivity index (χ3n) is 1.90. The molecule has 0 aromatic heterocycles. The summed E-state index contributed by atoms with van der Waals surface area (Å²) in [6.45, 7) is 4.53. The van der Waals surface area contributed by atoms with Crippen LogP contribution in [-0.2, 0) is 0 Å². The topological polar surface area (TPSA) is 21.3 Å². The fourth-order valence-electron chi connectivity index (χ4n) is 1.14. The van der Waals surface area contributed by atoms with Gasteiger partial charge in [0.2, 0.25) is 0 Å². The highest BCUT2D eigenvalue weighted by molar-refractivity contribution is 9.10. The highest BCUT2D eigenvalue weighted by Crippen LogP contribution is 2.25. The van der Waals surface area contributed by atoms with E-state index >= 15 is 0 Å². The lowest BCUT2D eigenvalue weighted by Crippen LogP contribution is -2.16. The molecule has 0 bridgehead atoms. The molecule has 84 valence electrons. The zero-order valence-electron chi connectivity index (χ0n) is 8.72. The van der Waals surface area contributed by atoms with Crippen molar-refractivity contribution >= 4 is 15.9 Å². The molecular weight excluding hydrogens is 261 g/mol. The van der Waals surface area contributed by atoms with Crippen LogP contribution in [-0.4, -0.2) is 19.7 Å². The Bertz CT molecular complexity index is 307. The van der Waals surface area contributed by atoms with Crippen molar-refractivity contribution < 1.29 is 9.13 Å². The van der Waals surface area contributed by atoms with Gasteiger partial charge in [0.15, 0.2) is 0 Å². The molecule has 0 aliphatic rings. The zero-order chi connectivity index (χ0) is 11.1. The fraction of sp³-hybridized carbons (Fsp3) is 0.455. The second kappa shape index (κ2) is 6.80. The van der Waals surface area contributed by atoms with Crippen LogP contribution in [0.15, 0.2) is 22.7 Å². The number of hydrogen-bond donors (Lipinski definition) is 1. The number of benzene rings is 1. The first-order valence-electron chi connectivity index (χ1n) is 5.02. The summed E-state index contributed by atoms with van der Waals surface area (Å²) >= 11 is 3.31. The molecule has 0 spiro atoms. The van der Waals surface area contributed by atoms with Gasteiger partial charge in [-0.25, -0.2) is 4.39 Å². The Balaban J connectivity index is 2.33. The Morgan fingerprint density at radius 2 is 2.27 bits per heavy atom. The van der Waals surface area contributed by atoms with E-state index in [2.05, 4.69) is 28.2 Å². The number of halogens is 2. The summed E-state index contributed by atoms with van der Waals surface area (Å²) in [5, 5.41) is 3.19. The van der Waals surface area contributed by atoms with Gasteiger partial charge in [-0.3, -0.25) is 0 Å². The average Bonchev–Trinajstić information content (AvgIpc) is 2.23. The highest BCUT2D eigenvalue weighted by atomic mass is 79.9. The minimum atomic E-state index is -0.278. The lowest BCUT2D eigenvalue weighted by Gasteiger charge is -2.08. The maximum Gasteiger partial charge on any atom is 0.136 e. The lowest BCUT2D eigenvalue weighted by molar-refractivity contribution is 0.305. The smallest absolute Gasteiger partial charge is 0.136 e. The van der Waals surface area contributed by atoms with Gasteiger partial charge in [0.25, 0.3) is 0 Å². The van der Waals surface area contributed by atoms with Gasteiger partial charge in [-0.2, -0.15) is 0 Å². The third kappa shape index (κ3) is 4.62. The molecule has 0 amide bonds. The van der Waals surface area contributed by atoms with E-state index < -0.39 is 0 Å². The van der Waals surface area contributed by atoms with Crippen molar-refractivity contribution in [3.8, 4) is 5.75 Å². The largest absolute Gasteiger partial charge is 0.492 e. The van der Waals surface area contributed by atoms with Gasteiger partial charge in [-0.05, 0) is 47.6 Å². The maximum absolute atomic E-state index is 12.9. The van der Waals surface area contributed by atoms with E-state index in [-0.39, 0.29) is 5.82 Å². The minimum Gasteiger partial charge on any atom is -0.492 e. The molecule has 0 aliphatic heterocycles. The third-order valence-corrected chi connectivity index (χ3v) is 2.55. The molecule has 0 saturated heterocycles. The van der Waals surface area contributed by atoms with Crippen molar-refractivity contribution in [1.29, 1.82) is 0 Å². The number of nitrogens with one attached hydrogen (secondary N) is 1. The molecule has 4 heteroatoms.